The van der Waals surface area contributed by atoms with Crippen molar-refractivity contribution in [2.24, 2.45) is 0 Å². The molecule has 3 aromatic rings. The lowest BCUT2D eigenvalue weighted by Crippen LogP contribution is -2.04. The highest BCUT2D eigenvalue weighted by Gasteiger charge is 2.14. The standard InChI is InChI=1S/C13H11N3O2/c1-18-13(17)10-4-2-3-9-6-8-16(12(9)10)11-5-7-14-15-11/h2-8H,1H3,(H,14,15). The number of methoxy groups -OCH3 is 1. The average molecular weight is 241 g/mol. The maximum absolute atomic E-state index is 11.8. The van der Waals surface area contributed by atoms with E-state index in [0.29, 0.717) is 5.56 Å². The van der Waals surface area contributed by atoms with Crippen LogP contribution in [0.15, 0.2) is 42.7 Å². The van der Waals surface area contributed by atoms with E-state index in [1.807, 2.05) is 35.0 Å². The van der Waals surface area contributed by atoms with Gasteiger partial charge in [-0.3, -0.25) is 9.67 Å². The minimum atomic E-state index is -0.351. The number of ether oxygens (including phenoxy) is 1. The molecule has 0 atom stereocenters. The van der Waals surface area contributed by atoms with Crippen LogP contribution in [0.4, 0.5) is 0 Å². The molecule has 2 heterocycles. The number of H-pyrrole nitrogens is 1. The fourth-order valence-corrected chi connectivity index (χ4v) is 2.05. The Labute approximate surface area is 103 Å². The lowest BCUT2D eigenvalue weighted by atomic mass is 10.1. The second-order valence-electron chi connectivity index (χ2n) is 3.85. The van der Waals surface area contributed by atoms with Gasteiger partial charge in [-0.05, 0) is 12.1 Å². The van der Waals surface area contributed by atoms with E-state index < -0.39 is 0 Å². The van der Waals surface area contributed by atoms with E-state index >= 15 is 0 Å². The zero-order valence-corrected chi connectivity index (χ0v) is 9.75. The van der Waals surface area contributed by atoms with E-state index in [9.17, 15) is 4.79 Å². The Kier molecular flexibility index (Phi) is 2.37. The quantitative estimate of drug-likeness (QED) is 0.699. The number of hydrogen-bond acceptors (Lipinski definition) is 3. The summed E-state index contributed by atoms with van der Waals surface area (Å²) >= 11 is 0. The minimum Gasteiger partial charge on any atom is -0.465 e. The molecule has 0 amide bonds. The summed E-state index contributed by atoms with van der Waals surface area (Å²) in [5, 5.41) is 7.85. The molecule has 0 saturated carbocycles. The number of aromatic nitrogens is 3. The van der Waals surface area contributed by atoms with Crippen LogP contribution < -0.4 is 0 Å². The number of rotatable bonds is 2. The normalized spacial score (nSPS) is 10.7. The summed E-state index contributed by atoms with van der Waals surface area (Å²) < 4.78 is 6.66. The Morgan fingerprint density at radius 1 is 1.33 bits per heavy atom. The van der Waals surface area contributed by atoms with Crippen LogP contribution in [0.25, 0.3) is 16.7 Å². The molecule has 0 fully saturated rings. The summed E-state index contributed by atoms with van der Waals surface area (Å²) in [6.45, 7) is 0. The molecule has 5 heteroatoms. The molecule has 90 valence electrons. The Bertz CT molecular complexity index is 698. The third-order valence-electron chi connectivity index (χ3n) is 2.85. The number of fused-ring (bicyclic) bond motifs is 1. The largest absolute Gasteiger partial charge is 0.465 e. The molecule has 1 N–H and O–H groups in total. The zero-order valence-electron chi connectivity index (χ0n) is 9.75. The first kappa shape index (κ1) is 10.6. The molecular formula is C13H11N3O2. The van der Waals surface area contributed by atoms with Gasteiger partial charge in [-0.25, -0.2) is 4.79 Å². The van der Waals surface area contributed by atoms with Gasteiger partial charge in [0, 0.05) is 23.8 Å². The number of esters is 1. The van der Waals surface area contributed by atoms with Gasteiger partial charge < -0.3 is 4.74 Å². The van der Waals surface area contributed by atoms with Crippen LogP contribution in [-0.4, -0.2) is 27.8 Å². The van der Waals surface area contributed by atoms with Gasteiger partial charge in [0.1, 0.15) is 0 Å². The second-order valence-corrected chi connectivity index (χ2v) is 3.85. The van der Waals surface area contributed by atoms with Crippen LogP contribution in [0.5, 0.6) is 0 Å². The summed E-state index contributed by atoms with van der Waals surface area (Å²) in [6.07, 6.45) is 3.62. The highest BCUT2D eigenvalue weighted by atomic mass is 16.5. The first-order valence-electron chi connectivity index (χ1n) is 5.50. The predicted octanol–water partition coefficient (Wildman–Crippen LogP) is 2.14. The van der Waals surface area contributed by atoms with E-state index in [2.05, 4.69) is 10.2 Å². The van der Waals surface area contributed by atoms with Gasteiger partial charge in [-0.1, -0.05) is 12.1 Å². The number of hydrogen-bond donors (Lipinski definition) is 1. The fourth-order valence-electron chi connectivity index (χ4n) is 2.05. The molecule has 3 rings (SSSR count). The monoisotopic (exact) mass is 241 g/mol. The molecule has 0 aliphatic rings. The highest BCUT2D eigenvalue weighted by molar-refractivity contribution is 6.03. The van der Waals surface area contributed by atoms with Crippen molar-refractivity contribution in [3.8, 4) is 5.82 Å². The van der Waals surface area contributed by atoms with Crippen LogP contribution in [0.3, 0.4) is 0 Å². The number of nitrogens with one attached hydrogen (secondary N) is 1. The van der Waals surface area contributed by atoms with Gasteiger partial charge in [-0.15, -0.1) is 0 Å². The molecule has 0 aliphatic carbocycles. The number of nitrogens with zero attached hydrogens (tertiary/aromatic N) is 2. The number of benzene rings is 1. The van der Waals surface area contributed by atoms with Gasteiger partial charge in [0.2, 0.25) is 0 Å². The van der Waals surface area contributed by atoms with E-state index in [1.165, 1.54) is 7.11 Å². The van der Waals surface area contributed by atoms with E-state index in [0.717, 1.165) is 16.7 Å². The number of para-hydroxylation sites is 1. The summed E-state index contributed by atoms with van der Waals surface area (Å²) in [7, 11) is 1.38. The number of carbonyl (C=O) groups is 1. The van der Waals surface area contributed by atoms with Crippen molar-refractivity contribution in [2.75, 3.05) is 7.11 Å². The second kappa shape index (κ2) is 4.03. The number of aromatic amines is 1. The molecular weight excluding hydrogens is 230 g/mol. The van der Waals surface area contributed by atoms with Crippen LogP contribution >= 0.6 is 0 Å². The van der Waals surface area contributed by atoms with Crippen LogP contribution in [-0.2, 0) is 4.74 Å². The SMILES string of the molecule is COC(=O)c1cccc2ccn(-c3cc[nH]n3)c12. The molecule has 1 aromatic carbocycles. The van der Waals surface area contributed by atoms with Gasteiger partial charge >= 0.3 is 5.97 Å². The molecule has 18 heavy (non-hydrogen) atoms. The Hall–Kier alpha value is -2.56. The molecule has 2 aromatic heterocycles. The van der Waals surface area contributed by atoms with Crippen molar-refractivity contribution < 1.29 is 9.53 Å². The van der Waals surface area contributed by atoms with Gasteiger partial charge in [-0.2, -0.15) is 5.10 Å². The van der Waals surface area contributed by atoms with Crippen molar-refractivity contribution in [3.63, 3.8) is 0 Å². The minimum absolute atomic E-state index is 0.351. The molecule has 0 radical (unpaired) electrons. The zero-order chi connectivity index (χ0) is 12.5. The third-order valence-corrected chi connectivity index (χ3v) is 2.85. The van der Waals surface area contributed by atoms with Crippen LogP contribution in [0.1, 0.15) is 10.4 Å². The van der Waals surface area contributed by atoms with Crippen LogP contribution in [0, 0.1) is 0 Å². The lowest BCUT2D eigenvalue weighted by Gasteiger charge is -2.05. The maximum Gasteiger partial charge on any atom is 0.340 e. The maximum atomic E-state index is 11.8. The molecule has 0 unspecified atom stereocenters. The topological polar surface area (TPSA) is 59.9 Å². The van der Waals surface area contributed by atoms with Crippen molar-refractivity contribution in [1.29, 1.82) is 0 Å². The van der Waals surface area contributed by atoms with Gasteiger partial charge in [0.25, 0.3) is 0 Å². The van der Waals surface area contributed by atoms with Crippen molar-refractivity contribution in [3.05, 3.63) is 48.3 Å². The third kappa shape index (κ3) is 1.48. The lowest BCUT2D eigenvalue weighted by molar-refractivity contribution is 0.0602. The Morgan fingerprint density at radius 3 is 2.94 bits per heavy atom. The van der Waals surface area contributed by atoms with Crippen LogP contribution in [0.2, 0.25) is 0 Å². The molecule has 0 bridgehead atoms. The predicted molar refractivity (Wildman–Crippen MR) is 66.8 cm³/mol. The summed E-state index contributed by atoms with van der Waals surface area (Å²) in [5.41, 5.74) is 1.33. The van der Waals surface area contributed by atoms with Crippen molar-refractivity contribution >= 4 is 16.9 Å². The summed E-state index contributed by atoms with van der Waals surface area (Å²) in [4.78, 5) is 11.8. The average Bonchev–Trinajstić information content (AvgIpc) is 3.05. The molecule has 0 saturated heterocycles. The first-order chi connectivity index (χ1) is 8.81. The summed E-state index contributed by atoms with van der Waals surface area (Å²) in [6, 6.07) is 9.32. The van der Waals surface area contributed by atoms with Gasteiger partial charge in [0.15, 0.2) is 5.82 Å². The van der Waals surface area contributed by atoms with Gasteiger partial charge in [0.05, 0.1) is 18.2 Å². The number of carbonyl (C=O) groups excluding carboxylic acids is 1. The van der Waals surface area contributed by atoms with E-state index in [4.69, 9.17) is 4.74 Å². The van der Waals surface area contributed by atoms with E-state index in [-0.39, 0.29) is 5.97 Å². The fraction of sp³-hybridized carbons (Fsp3) is 0.0769. The molecule has 0 aliphatic heterocycles. The smallest absolute Gasteiger partial charge is 0.340 e. The van der Waals surface area contributed by atoms with Crippen molar-refractivity contribution in [2.45, 2.75) is 0 Å². The first-order valence-corrected chi connectivity index (χ1v) is 5.50. The Balaban J connectivity index is 2.31. The molecule has 0 spiro atoms. The van der Waals surface area contributed by atoms with E-state index in [1.54, 1.807) is 12.3 Å². The Morgan fingerprint density at radius 2 is 2.22 bits per heavy atom. The highest BCUT2D eigenvalue weighted by Crippen LogP contribution is 2.23. The molecule has 5 nitrogen and oxygen atoms in total. The summed E-state index contributed by atoms with van der Waals surface area (Å²) in [5.74, 6) is 0.387. The van der Waals surface area contributed by atoms with Crippen molar-refractivity contribution in [1.82, 2.24) is 14.8 Å².